The topological polar surface area (TPSA) is 87.2 Å². The smallest absolute Gasteiger partial charge is 0.249 e. The number of nitrogens with zero attached hydrogens (tertiary/aromatic N) is 3. The maximum atomic E-state index is 13.6. The van der Waals surface area contributed by atoms with Crippen molar-refractivity contribution < 1.29 is 23.9 Å². The number of rotatable bonds is 5. The molecule has 3 unspecified atom stereocenters. The van der Waals surface area contributed by atoms with Gasteiger partial charge in [0.05, 0.1) is 31.0 Å². The number of piperazine rings is 1. The lowest BCUT2D eigenvalue weighted by molar-refractivity contribution is -0.168. The summed E-state index contributed by atoms with van der Waals surface area (Å²) in [4.78, 5) is 57.4. The van der Waals surface area contributed by atoms with Gasteiger partial charge in [0.2, 0.25) is 23.6 Å². The third kappa shape index (κ3) is 2.70. The van der Waals surface area contributed by atoms with Crippen molar-refractivity contribution in [2.45, 2.75) is 25.4 Å². The Balaban J connectivity index is 1.86. The van der Waals surface area contributed by atoms with Crippen molar-refractivity contribution in [3.05, 3.63) is 34.9 Å². The third-order valence-corrected chi connectivity index (χ3v) is 6.83. The van der Waals surface area contributed by atoms with Gasteiger partial charge in [0.1, 0.15) is 5.54 Å². The number of benzene rings is 1. The highest BCUT2D eigenvalue weighted by atomic mass is 35.5. The molecule has 4 amide bonds. The Kier molecular flexibility index (Phi) is 5.10. The van der Waals surface area contributed by atoms with Crippen LogP contribution in [-0.4, -0.2) is 77.2 Å². The molecule has 1 aromatic rings. The number of halogens is 1. The summed E-state index contributed by atoms with van der Waals surface area (Å²) in [7, 11) is 1.52. The van der Waals surface area contributed by atoms with Crippen LogP contribution in [0.5, 0.6) is 0 Å². The van der Waals surface area contributed by atoms with E-state index in [1.54, 1.807) is 38.1 Å². The van der Waals surface area contributed by atoms with Gasteiger partial charge in [-0.25, -0.2) is 0 Å². The number of methoxy groups -OCH3 is 1. The van der Waals surface area contributed by atoms with Crippen LogP contribution in [0.4, 0.5) is 0 Å². The van der Waals surface area contributed by atoms with Crippen molar-refractivity contribution in [1.29, 1.82) is 0 Å². The Hall–Kier alpha value is -2.45. The molecule has 3 heterocycles. The van der Waals surface area contributed by atoms with Crippen molar-refractivity contribution in [2.24, 2.45) is 11.8 Å². The molecule has 4 atom stereocenters. The fourth-order valence-electron chi connectivity index (χ4n) is 5.25. The Labute approximate surface area is 179 Å². The van der Waals surface area contributed by atoms with Gasteiger partial charge in [0, 0.05) is 25.2 Å². The molecule has 3 fully saturated rings. The Morgan fingerprint density at radius 1 is 1.13 bits per heavy atom. The molecule has 30 heavy (non-hydrogen) atoms. The van der Waals surface area contributed by atoms with Gasteiger partial charge in [-0.3, -0.25) is 24.1 Å². The fourth-order valence-corrected chi connectivity index (χ4v) is 5.38. The van der Waals surface area contributed by atoms with E-state index in [-0.39, 0.29) is 44.0 Å². The van der Waals surface area contributed by atoms with E-state index in [4.69, 9.17) is 16.3 Å². The van der Waals surface area contributed by atoms with Crippen molar-refractivity contribution in [1.82, 2.24) is 14.7 Å². The van der Waals surface area contributed by atoms with Gasteiger partial charge >= 0.3 is 0 Å². The second-order valence-electron chi connectivity index (χ2n) is 8.05. The first kappa shape index (κ1) is 20.8. The molecule has 0 spiro atoms. The summed E-state index contributed by atoms with van der Waals surface area (Å²) in [5.41, 5.74) is -0.752. The number of likely N-dealkylation sites (tertiary alicyclic amines) is 1. The molecule has 3 aliphatic heterocycles. The first-order chi connectivity index (χ1) is 14.3. The molecule has 3 saturated heterocycles. The Morgan fingerprint density at radius 2 is 1.80 bits per heavy atom. The number of carbonyl (C=O) groups excluding carboxylic acids is 4. The van der Waals surface area contributed by atoms with Gasteiger partial charge < -0.3 is 14.5 Å². The van der Waals surface area contributed by atoms with E-state index in [2.05, 4.69) is 0 Å². The van der Waals surface area contributed by atoms with E-state index in [0.29, 0.717) is 10.6 Å². The summed E-state index contributed by atoms with van der Waals surface area (Å²) in [5.74, 6) is -3.08. The Bertz CT molecular complexity index is 920. The lowest BCUT2D eigenvalue weighted by Crippen LogP contribution is -2.68. The molecule has 160 valence electrons. The molecular formula is C21H24ClN3O5. The first-order valence-corrected chi connectivity index (χ1v) is 10.4. The number of imide groups is 1. The summed E-state index contributed by atoms with van der Waals surface area (Å²) in [6.07, 6.45) is 0. The van der Waals surface area contributed by atoms with Crippen LogP contribution in [0.2, 0.25) is 5.02 Å². The maximum Gasteiger partial charge on any atom is 0.249 e. The number of hydrogen-bond acceptors (Lipinski definition) is 5. The minimum Gasteiger partial charge on any atom is -0.383 e. The molecule has 9 heteroatoms. The number of ether oxygens (including phenoxy) is 1. The van der Waals surface area contributed by atoms with Crippen LogP contribution in [0.1, 0.15) is 25.5 Å². The monoisotopic (exact) mass is 433 g/mol. The summed E-state index contributed by atoms with van der Waals surface area (Å²) in [6.45, 7) is 3.98. The molecule has 0 aromatic heterocycles. The highest BCUT2D eigenvalue weighted by molar-refractivity contribution is 6.30. The van der Waals surface area contributed by atoms with Crippen molar-refractivity contribution >= 4 is 35.2 Å². The maximum absolute atomic E-state index is 13.6. The fraction of sp³-hybridized carbons (Fsp3) is 0.524. The van der Waals surface area contributed by atoms with E-state index in [9.17, 15) is 19.2 Å². The van der Waals surface area contributed by atoms with E-state index < -0.39 is 29.3 Å². The summed E-state index contributed by atoms with van der Waals surface area (Å²) in [5, 5.41) is 0.520. The molecule has 0 N–H and O–H groups in total. The number of fused-ring (bicyclic) bond motifs is 3. The highest BCUT2D eigenvalue weighted by Crippen LogP contribution is 2.56. The van der Waals surface area contributed by atoms with Crippen LogP contribution in [-0.2, 0) is 23.9 Å². The zero-order valence-electron chi connectivity index (χ0n) is 17.1. The van der Waals surface area contributed by atoms with Gasteiger partial charge in [0.25, 0.3) is 0 Å². The van der Waals surface area contributed by atoms with Crippen LogP contribution < -0.4 is 0 Å². The summed E-state index contributed by atoms with van der Waals surface area (Å²) in [6, 6.07) is 6.16. The quantitative estimate of drug-likeness (QED) is 0.649. The summed E-state index contributed by atoms with van der Waals surface area (Å²) >= 11 is 6.03. The molecule has 0 aliphatic carbocycles. The molecule has 8 nitrogen and oxygen atoms in total. The molecule has 3 aliphatic rings. The summed E-state index contributed by atoms with van der Waals surface area (Å²) < 4.78 is 5.07. The second kappa shape index (κ2) is 7.35. The lowest BCUT2D eigenvalue weighted by Gasteiger charge is -2.47. The first-order valence-electron chi connectivity index (χ1n) is 9.98. The van der Waals surface area contributed by atoms with E-state index in [0.717, 1.165) is 0 Å². The second-order valence-corrected chi connectivity index (χ2v) is 8.49. The van der Waals surface area contributed by atoms with Gasteiger partial charge in [0.15, 0.2) is 0 Å². The van der Waals surface area contributed by atoms with Crippen LogP contribution >= 0.6 is 11.6 Å². The van der Waals surface area contributed by atoms with Crippen molar-refractivity contribution in [3.8, 4) is 0 Å². The van der Waals surface area contributed by atoms with Crippen molar-refractivity contribution in [3.63, 3.8) is 0 Å². The van der Waals surface area contributed by atoms with Gasteiger partial charge in [-0.05, 0) is 31.5 Å². The van der Waals surface area contributed by atoms with Gasteiger partial charge in [-0.2, -0.15) is 0 Å². The average molecular weight is 434 g/mol. The Morgan fingerprint density at radius 3 is 2.40 bits per heavy atom. The minimum absolute atomic E-state index is 0.110. The molecule has 0 radical (unpaired) electrons. The van der Waals surface area contributed by atoms with Crippen LogP contribution in [0.15, 0.2) is 24.3 Å². The molecule has 1 aromatic carbocycles. The van der Waals surface area contributed by atoms with Crippen LogP contribution in [0, 0.1) is 11.8 Å². The van der Waals surface area contributed by atoms with Gasteiger partial charge in [-0.1, -0.05) is 23.7 Å². The van der Waals surface area contributed by atoms with E-state index >= 15 is 0 Å². The lowest BCUT2D eigenvalue weighted by atomic mass is 9.79. The predicted octanol–water partition coefficient (Wildman–Crippen LogP) is 1.09. The number of amides is 4. The molecular weight excluding hydrogens is 410 g/mol. The molecule has 0 bridgehead atoms. The minimum atomic E-state index is -1.44. The number of carbonyl (C=O) groups is 4. The van der Waals surface area contributed by atoms with Crippen molar-refractivity contribution in [2.75, 3.05) is 33.4 Å². The van der Waals surface area contributed by atoms with Crippen LogP contribution in [0.3, 0.4) is 0 Å². The standard InChI is InChI=1S/C21H24ClN3O5/c1-4-24-18(27)15-16(19(24)28)21(2)20(29)23(9-10-30-3)11-14(26)25(21)17(15)12-5-7-13(22)8-6-12/h5-8,15-17H,4,9-11H2,1-3H3/t15?,16?,17?,21-/m1/s1. The van der Waals surface area contributed by atoms with Gasteiger partial charge in [-0.15, -0.1) is 0 Å². The molecule has 4 rings (SSSR count). The zero-order chi connectivity index (χ0) is 21.8. The zero-order valence-corrected chi connectivity index (χ0v) is 17.9. The SMILES string of the molecule is CCN1C(=O)C2C(c3ccc(Cl)cc3)N3C(=O)CN(CCOC)C(=O)[C@@]3(C)C2C1=O. The predicted molar refractivity (Wildman–Crippen MR) is 107 cm³/mol. The third-order valence-electron chi connectivity index (χ3n) is 6.57. The number of hydrogen-bond donors (Lipinski definition) is 0. The van der Waals surface area contributed by atoms with E-state index in [1.165, 1.54) is 21.8 Å². The normalized spacial score (nSPS) is 30.9. The average Bonchev–Trinajstić information content (AvgIpc) is 3.15. The highest BCUT2D eigenvalue weighted by Gasteiger charge is 2.72. The van der Waals surface area contributed by atoms with Crippen LogP contribution in [0.25, 0.3) is 0 Å². The van der Waals surface area contributed by atoms with E-state index in [1.807, 2.05) is 0 Å². The largest absolute Gasteiger partial charge is 0.383 e. The molecule has 0 saturated carbocycles.